The van der Waals surface area contributed by atoms with Gasteiger partial charge in [0.2, 0.25) is 15.3 Å². The Balaban J connectivity index is 2.36. The van der Waals surface area contributed by atoms with E-state index in [0.29, 0.717) is 17.3 Å². The topological polar surface area (TPSA) is 93.2 Å². The molecule has 0 saturated heterocycles. The van der Waals surface area contributed by atoms with E-state index in [-0.39, 0.29) is 16.0 Å². The van der Waals surface area contributed by atoms with Gasteiger partial charge in [-0.25, -0.2) is 13.4 Å². The second kappa shape index (κ2) is 6.55. The third-order valence-electron chi connectivity index (χ3n) is 2.47. The van der Waals surface area contributed by atoms with Gasteiger partial charge in [-0.3, -0.25) is 4.72 Å². The Hall–Kier alpha value is -1.77. The van der Waals surface area contributed by atoms with Crippen LogP contribution in [0.2, 0.25) is 10.3 Å². The van der Waals surface area contributed by atoms with Crippen molar-refractivity contribution in [1.82, 2.24) is 9.97 Å². The summed E-state index contributed by atoms with van der Waals surface area (Å²) in [4.78, 5) is 7.70. The number of hydrogen-bond donors (Lipinski definition) is 2. The lowest BCUT2D eigenvalue weighted by Gasteiger charge is -2.13. The zero-order valence-corrected chi connectivity index (χ0v) is 13.9. The Morgan fingerprint density at radius 2 is 2.00 bits per heavy atom. The molecule has 2 N–H and O–H groups in total. The summed E-state index contributed by atoms with van der Waals surface area (Å²) in [5.41, 5.74) is 0.829. The number of anilines is 3. The van der Waals surface area contributed by atoms with Crippen LogP contribution in [-0.2, 0) is 10.0 Å². The van der Waals surface area contributed by atoms with E-state index in [0.717, 1.165) is 6.26 Å². The highest BCUT2D eigenvalue weighted by Gasteiger charge is 2.11. The molecule has 0 aliphatic carbocycles. The number of nitrogens with one attached hydrogen (secondary N) is 2. The summed E-state index contributed by atoms with van der Waals surface area (Å²) in [6, 6.07) is 4.83. The van der Waals surface area contributed by atoms with Gasteiger partial charge in [-0.2, -0.15) is 4.98 Å². The molecule has 0 spiro atoms. The number of aromatic nitrogens is 2. The average Bonchev–Trinajstić information content (AvgIpc) is 2.41. The highest BCUT2D eigenvalue weighted by Crippen LogP contribution is 2.31. The van der Waals surface area contributed by atoms with E-state index < -0.39 is 10.0 Å². The van der Waals surface area contributed by atoms with Crippen LogP contribution in [0.4, 0.5) is 17.2 Å². The molecule has 0 aliphatic heterocycles. The first kappa shape index (κ1) is 16.6. The third-order valence-corrected chi connectivity index (χ3v) is 3.52. The fourth-order valence-electron chi connectivity index (χ4n) is 1.64. The molecule has 1 aromatic carbocycles. The largest absolute Gasteiger partial charge is 0.495 e. The van der Waals surface area contributed by atoms with Gasteiger partial charge in [-0.1, -0.05) is 11.6 Å². The smallest absolute Gasteiger partial charge is 0.229 e. The molecular weight excluding hydrogens is 351 g/mol. The normalized spacial score (nSPS) is 11.1. The van der Waals surface area contributed by atoms with Crippen LogP contribution in [0.15, 0.2) is 24.4 Å². The van der Waals surface area contributed by atoms with Gasteiger partial charge in [0.05, 0.1) is 25.2 Å². The van der Waals surface area contributed by atoms with Gasteiger partial charge >= 0.3 is 0 Å². The second-order valence-electron chi connectivity index (χ2n) is 4.25. The maximum Gasteiger partial charge on any atom is 0.229 e. The van der Waals surface area contributed by atoms with Gasteiger partial charge in [0.1, 0.15) is 10.8 Å². The number of nitrogens with zero attached hydrogens (tertiary/aromatic N) is 2. The standard InChI is InChI=1S/C12H12Cl2N4O3S/c1-21-10-4-3-7(5-9(10)18-22(2,19)20)16-11-8(13)6-15-12(14)17-11/h3-6,18H,1-2H3,(H,15,16,17). The van der Waals surface area contributed by atoms with Crippen molar-refractivity contribution < 1.29 is 13.2 Å². The molecule has 7 nitrogen and oxygen atoms in total. The lowest BCUT2D eigenvalue weighted by Crippen LogP contribution is -2.10. The first-order chi connectivity index (χ1) is 10.3. The molecule has 0 unspecified atom stereocenters. The third kappa shape index (κ3) is 4.36. The van der Waals surface area contributed by atoms with Crippen LogP contribution in [-0.4, -0.2) is 31.8 Å². The van der Waals surface area contributed by atoms with E-state index in [1.54, 1.807) is 18.2 Å². The summed E-state index contributed by atoms with van der Waals surface area (Å²) in [5.74, 6) is 0.680. The molecule has 2 aromatic rings. The molecule has 0 radical (unpaired) electrons. The molecule has 0 bridgehead atoms. The molecule has 1 aromatic heterocycles. The van der Waals surface area contributed by atoms with Crippen molar-refractivity contribution in [2.45, 2.75) is 0 Å². The quantitative estimate of drug-likeness (QED) is 0.794. The van der Waals surface area contributed by atoms with Crippen LogP contribution in [0.3, 0.4) is 0 Å². The van der Waals surface area contributed by atoms with Gasteiger partial charge in [0, 0.05) is 5.69 Å². The number of hydrogen-bond acceptors (Lipinski definition) is 6. The van der Waals surface area contributed by atoms with Gasteiger partial charge in [0.15, 0.2) is 5.82 Å². The van der Waals surface area contributed by atoms with Gasteiger partial charge in [-0.15, -0.1) is 0 Å². The summed E-state index contributed by atoms with van der Waals surface area (Å²) in [6.45, 7) is 0. The fraction of sp³-hybridized carbons (Fsp3) is 0.167. The number of rotatable bonds is 5. The van der Waals surface area contributed by atoms with Crippen LogP contribution in [0.1, 0.15) is 0 Å². The van der Waals surface area contributed by atoms with Crippen molar-refractivity contribution >= 4 is 50.4 Å². The van der Waals surface area contributed by atoms with E-state index in [9.17, 15) is 8.42 Å². The number of ether oxygens (including phenoxy) is 1. The minimum absolute atomic E-state index is 0.0369. The Bertz CT molecular complexity index is 799. The van der Waals surface area contributed by atoms with E-state index in [1.807, 2.05) is 0 Å². The Morgan fingerprint density at radius 3 is 2.64 bits per heavy atom. The monoisotopic (exact) mass is 362 g/mol. The van der Waals surface area contributed by atoms with Gasteiger partial charge in [-0.05, 0) is 29.8 Å². The zero-order chi connectivity index (χ0) is 16.3. The summed E-state index contributed by atoms with van der Waals surface area (Å²) >= 11 is 11.7. The van der Waals surface area contributed by atoms with Crippen molar-refractivity contribution in [2.75, 3.05) is 23.4 Å². The van der Waals surface area contributed by atoms with E-state index in [2.05, 4.69) is 20.0 Å². The molecular formula is C12H12Cl2N4O3S. The SMILES string of the molecule is COc1ccc(Nc2nc(Cl)ncc2Cl)cc1NS(C)(=O)=O. The van der Waals surface area contributed by atoms with Crippen LogP contribution >= 0.6 is 23.2 Å². The maximum absolute atomic E-state index is 11.4. The number of benzene rings is 1. The highest BCUT2D eigenvalue weighted by molar-refractivity contribution is 7.92. The van der Waals surface area contributed by atoms with Crippen LogP contribution < -0.4 is 14.8 Å². The first-order valence-corrected chi connectivity index (χ1v) is 8.54. The molecule has 22 heavy (non-hydrogen) atoms. The van der Waals surface area contributed by atoms with E-state index in [4.69, 9.17) is 27.9 Å². The molecule has 0 atom stereocenters. The van der Waals surface area contributed by atoms with Crippen molar-refractivity contribution in [3.05, 3.63) is 34.7 Å². The van der Waals surface area contributed by atoms with Crippen molar-refractivity contribution in [1.29, 1.82) is 0 Å². The summed E-state index contributed by atoms with van der Waals surface area (Å²) in [6.07, 6.45) is 2.41. The van der Waals surface area contributed by atoms with E-state index >= 15 is 0 Å². The fourth-order valence-corrected chi connectivity index (χ4v) is 2.47. The number of halogens is 2. The lowest BCUT2D eigenvalue weighted by molar-refractivity contribution is 0.417. The Kier molecular flexibility index (Phi) is 4.94. The minimum atomic E-state index is -3.44. The Labute approximate surface area is 137 Å². The zero-order valence-electron chi connectivity index (χ0n) is 11.6. The summed E-state index contributed by atoms with van der Waals surface area (Å²) in [7, 11) is -2.00. The highest BCUT2D eigenvalue weighted by atomic mass is 35.5. The van der Waals surface area contributed by atoms with Gasteiger partial charge in [0.25, 0.3) is 0 Å². The minimum Gasteiger partial charge on any atom is -0.495 e. The molecule has 10 heteroatoms. The molecule has 118 valence electrons. The lowest BCUT2D eigenvalue weighted by atomic mass is 10.2. The summed E-state index contributed by atoms with van der Waals surface area (Å²) < 4.78 is 30.3. The van der Waals surface area contributed by atoms with E-state index in [1.165, 1.54) is 13.3 Å². The summed E-state index contributed by atoms with van der Waals surface area (Å²) in [5, 5.41) is 3.25. The molecule has 2 rings (SSSR count). The number of sulfonamides is 1. The maximum atomic E-state index is 11.4. The van der Waals surface area contributed by atoms with Crippen molar-refractivity contribution in [2.24, 2.45) is 0 Å². The second-order valence-corrected chi connectivity index (χ2v) is 6.74. The van der Waals surface area contributed by atoms with Crippen molar-refractivity contribution in [3.8, 4) is 5.75 Å². The first-order valence-electron chi connectivity index (χ1n) is 5.89. The van der Waals surface area contributed by atoms with Gasteiger partial charge < -0.3 is 10.1 Å². The molecule has 1 heterocycles. The van der Waals surface area contributed by atoms with Crippen LogP contribution in [0.25, 0.3) is 0 Å². The predicted octanol–water partition coefficient (Wildman–Crippen LogP) is 2.91. The van der Waals surface area contributed by atoms with Crippen LogP contribution in [0.5, 0.6) is 5.75 Å². The number of methoxy groups -OCH3 is 1. The van der Waals surface area contributed by atoms with Crippen molar-refractivity contribution in [3.63, 3.8) is 0 Å². The average molecular weight is 363 g/mol. The van der Waals surface area contributed by atoms with Crippen LogP contribution in [0, 0.1) is 0 Å². The molecule has 0 aliphatic rings. The predicted molar refractivity (Wildman–Crippen MR) is 86.8 cm³/mol. The Morgan fingerprint density at radius 1 is 1.27 bits per heavy atom. The molecule has 0 fully saturated rings. The molecule has 0 saturated carbocycles. The molecule has 0 amide bonds.